The number of primary amides is 1. The van der Waals surface area contributed by atoms with Crippen LogP contribution >= 0.6 is 0 Å². The first-order valence-corrected chi connectivity index (χ1v) is 6.86. The van der Waals surface area contributed by atoms with Crippen molar-refractivity contribution in [1.82, 2.24) is 0 Å². The van der Waals surface area contributed by atoms with E-state index in [9.17, 15) is 18.0 Å². The molecule has 0 aliphatic rings. The molecule has 0 fully saturated rings. The molecule has 0 saturated carbocycles. The minimum Gasteiger partial charge on any atom is -0.481 e. The van der Waals surface area contributed by atoms with Gasteiger partial charge < -0.3 is 10.8 Å². The minimum absolute atomic E-state index is 0.0140. The highest BCUT2D eigenvalue weighted by Crippen LogP contribution is 2.04. The maximum Gasteiger partial charge on any atom is 0.303 e. The van der Waals surface area contributed by atoms with Gasteiger partial charge in [-0.3, -0.25) is 9.59 Å². The standard InChI is InChI=1S/C9H17NO5S/c10-8(11)5-7-16(14,15)6-3-1-2-4-9(12)13/h1-7H2,(H2,10,11)(H,12,13). The molecule has 3 N–H and O–H groups in total. The molecular formula is C9H17NO5S. The molecule has 0 saturated heterocycles. The van der Waals surface area contributed by atoms with Gasteiger partial charge in [-0.1, -0.05) is 6.42 Å². The first-order valence-electron chi connectivity index (χ1n) is 5.04. The van der Waals surface area contributed by atoms with E-state index < -0.39 is 21.7 Å². The molecule has 6 nitrogen and oxygen atoms in total. The van der Waals surface area contributed by atoms with Crippen LogP contribution in [0.3, 0.4) is 0 Å². The van der Waals surface area contributed by atoms with E-state index in [2.05, 4.69) is 0 Å². The Hall–Kier alpha value is -1.11. The second-order valence-electron chi connectivity index (χ2n) is 3.57. The van der Waals surface area contributed by atoms with E-state index in [1.54, 1.807) is 0 Å². The highest BCUT2D eigenvalue weighted by atomic mass is 32.2. The highest BCUT2D eigenvalue weighted by molar-refractivity contribution is 7.91. The van der Waals surface area contributed by atoms with Gasteiger partial charge in [-0.2, -0.15) is 0 Å². The van der Waals surface area contributed by atoms with E-state index in [0.29, 0.717) is 19.3 Å². The van der Waals surface area contributed by atoms with Crippen molar-refractivity contribution in [3.63, 3.8) is 0 Å². The van der Waals surface area contributed by atoms with Gasteiger partial charge in [-0.05, 0) is 12.8 Å². The molecule has 0 bridgehead atoms. The van der Waals surface area contributed by atoms with Crippen LogP contribution in [0.25, 0.3) is 0 Å². The maximum absolute atomic E-state index is 11.3. The fourth-order valence-corrected chi connectivity index (χ4v) is 2.49. The Morgan fingerprint density at radius 3 is 2.12 bits per heavy atom. The van der Waals surface area contributed by atoms with Crippen LogP contribution in [0.5, 0.6) is 0 Å². The summed E-state index contributed by atoms with van der Waals surface area (Å²) in [5.41, 5.74) is 4.84. The topological polar surface area (TPSA) is 115 Å². The monoisotopic (exact) mass is 251 g/mol. The molecule has 0 aliphatic carbocycles. The van der Waals surface area contributed by atoms with Crippen LogP contribution < -0.4 is 5.73 Å². The van der Waals surface area contributed by atoms with Crippen LogP contribution in [-0.4, -0.2) is 36.9 Å². The molecule has 0 atom stereocenters. The number of hydrogen-bond donors (Lipinski definition) is 2. The summed E-state index contributed by atoms with van der Waals surface area (Å²) in [5, 5.41) is 8.35. The van der Waals surface area contributed by atoms with Gasteiger partial charge in [0.1, 0.15) is 0 Å². The molecule has 94 valence electrons. The van der Waals surface area contributed by atoms with E-state index in [0.717, 1.165) is 0 Å². The molecule has 0 unspecified atom stereocenters. The Morgan fingerprint density at radius 2 is 1.62 bits per heavy atom. The van der Waals surface area contributed by atoms with Crippen LogP contribution in [-0.2, 0) is 19.4 Å². The smallest absolute Gasteiger partial charge is 0.303 e. The first kappa shape index (κ1) is 14.9. The van der Waals surface area contributed by atoms with Gasteiger partial charge in [0.2, 0.25) is 5.91 Å². The normalized spacial score (nSPS) is 11.2. The Morgan fingerprint density at radius 1 is 1.00 bits per heavy atom. The summed E-state index contributed by atoms with van der Waals surface area (Å²) in [4.78, 5) is 20.6. The zero-order valence-electron chi connectivity index (χ0n) is 9.02. The van der Waals surface area contributed by atoms with E-state index in [-0.39, 0.29) is 24.3 Å². The van der Waals surface area contributed by atoms with Gasteiger partial charge in [-0.25, -0.2) is 8.42 Å². The lowest BCUT2D eigenvalue weighted by Gasteiger charge is -2.02. The Labute approximate surface area is 94.7 Å². The van der Waals surface area contributed by atoms with Crippen molar-refractivity contribution in [1.29, 1.82) is 0 Å². The van der Waals surface area contributed by atoms with Gasteiger partial charge in [0.25, 0.3) is 0 Å². The molecule has 0 aromatic carbocycles. The van der Waals surface area contributed by atoms with Crippen molar-refractivity contribution >= 4 is 21.7 Å². The number of carboxylic acid groups (broad SMARTS) is 1. The lowest BCUT2D eigenvalue weighted by atomic mass is 10.2. The molecule has 16 heavy (non-hydrogen) atoms. The second-order valence-corrected chi connectivity index (χ2v) is 5.88. The van der Waals surface area contributed by atoms with Crippen molar-refractivity contribution in [2.45, 2.75) is 32.1 Å². The summed E-state index contributed by atoms with van der Waals surface area (Å²) in [5.74, 6) is -1.74. The summed E-state index contributed by atoms with van der Waals surface area (Å²) in [6.07, 6.45) is 1.36. The first-order chi connectivity index (χ1) is 7.33. The third kappa shape index (κ3) is 9.45. The molecule has 0 aliphatic heterocycles. The summed E-state index contributed by atoms with van der Waals surface area (Å²) >= 11 is 0. The average Bonchev–Trinajstić information content (AvgIpc) is 2.14. The second kappa shape index (κ2) is 7.21. The molecule has 0 radical (unpaired) electrons. The number of hydrogen-bond acceptors (Lipinski definition) is 4. The SMILES string of the molecule is NC(=O)CCS(=O)(=O)CCCCCC(=O)O. The van der Waals surface area contributed by atoms with Gasteiger partial charge in [-0.15, -0.1) is 0 Å². The van der Waals surface area contributed by atoms with Gasteiger partial charge in [0, 0.05) is 12.8 Å². The van der Waals surface area contributed by atoms with Crippen molar-refractivity contribution in [3.8, 4) is 0 Å². The van der Waals surface area contributed by atoms with Crippen molar-refractivity contribution in [2.75, 3.05) is 11.5 Å². The third-order valence-corrected chi connectivity index (χ3v) is 3.74. The number of aliphatic carboxylic acids is 1. The quantitative estimate of drug-likeness (QED) is 0.556. The van der Waals surface area contributed by atoms with Gasteiger partial charge in [0.05, 0.1) is 11.5 Å². The molecule has 0 heterocycles. The number of carboxylic acids is 1. The van der Waals surface area contributed by atoms with Gasteiger partial charge >= 0.3 is 5.97 Å². The van der Waals surface area contributed by atoms with Gasteiger partial charge in [0.15, 0.2) is 9.84 Å². The largest absolute Gasteiger partial charge is 0.481 e. The van der Waals surface area contributed by atoms with E-state index in [1.165, 1.54) is 0 Å². The van der Waals surface area contributed by atoms with E-state index in [1.807, 2.05) is 0 Å². The minimum atomic E-state index is -3.23. The van der Waals surface area contributed by atoms with Crippen LogP contribution in [0, 0.1) is 0 Å². The summed E-state index contributed by atoms with van der Waals surface area (Å²) in [7, 11) is -3.23. The fourth-order valence-electron chi connectivity index (χ4n) is 1.13. The van der Waals surface area contributed by atoms with Crippen molar-refractivity contribution < 1.29 is 23.1 Å². The van der Waals surface area contributed by atoms with Crippen LogP contribution in [0.4, 0.5) is 0 Å². The van der Waals surface area contributed by atoms with Crippen LogP contribution in [0.15, 0.2) is 0 Å². The molecule has 0 aromatic rings. The number of amides is 1. The molecule has 0 spiro atoms. The third-order valence-electron chi connectivity index (χ3n) is 2.01. The van der Waals surface area contributed by atoms with Crippen LogP contribution in [0.2, 0.25) is 0 Å². The van der Waals surface area contributed by atoms with Crippen molar-refractivity contribution in [2.24, 2.45) is 5.73 Å². The molecule has 7 heteroatoms. The van der Waals surface area contributed by atoms with Crippen LogP contribution in [0.1, 0.15) is 32.1 Å². The Balaban J connectivity index is 3.66. The fraction of sp³-hybridized carbons (Fsp3) is 0.778. The lowest BCUT2D eigenvalue weighted by Crippen LogP contribution is -2.19. The summed E-state index contributed by atoms with van der Waals surface area (Å²) < 4.78 is 22.6. The predicted octanol–water partition coefficient (Wildman–Crippen LogP) is -0.0784. The number of nitrogens with two attached hydrogens (primary N) is 1. The highest BCUT2D eigenvalue weighted by Gasteiger charge is 2.11. The predicted molar refractivity (Wildman–Crippen MR) is 58.6 cm³/mol. The number of unbranched alkanes of at least 4 members (excludes halogenated alkanes) is 2. The molecule has 1 amide bonds. The lowest BCUT2D eigenvalue weighted by molar-refractivity contribution is -0.137. The van der Waals surface area contributed by atoms with Crippen molar-refractivity contribution in [3.05, 3.63) is 0 Å². The number of carbonyl (C=O) groups is 2. The number of rotatable bonds is 9. The number of carbonyl (C=O) groups excluding carboxylic acids is 1. The van der Waals surface area contributed by atoms with E-state index >= 15 is 0 Å². The summed E-state index contributed by atoms with van der Waals surface area (Å²) in [6, 6.07) is 0. The number of sulfone groups is 1. The Kier molecular flexibility index (Phi) is 6.71. The molecular weight excluding hydrogens is 234 g/mol. The molecule has 0 rings (SSSR count). The summed E-state index contributed by atoms with van der Waals surface area (Å²) in [6.45, 7) is 0. The average molecular weight is 251 g/mol. The Bertz CT molecular complexity index is 336. The zero-order chi connectivity index (χ0) is 12.6. The van der Waals surface area contributed by atoms with E-state index in [4.69, 9.17) is 10.8 Å². The zero-order valence-corrected chi connectivity index (χ0v) is 9.83. The molecule has 0 aromatic heterocycles. The maximum atomic E-state index is 11.3.